The van der Waals surface area contributed by atoms with E-state index in [1.54, 1.807) is 0 Å². The van der Waals surface area contributed by atoms with Crippen LogP contribution >= 0.6 is 0 Å². The molecule has 1 aromatic carbocycles. The largest absolute Gasteiger partial charge is 0.503 e. The van der Waals surface area contributed by atoms with Crippen molar-refractivity contribution in [1.82, 2.24) is 8.97 Å². The minimum Gasteiger partial charge on any atom is -0.503 e. The van der Waals surface area contributed by atoms with Gasteiger partial charge in [-0.2, -0.15) is 0 Å². The number of nitrogens with zero attached hydrogens (tertiary/aromatic N) is 2. The normalized spacial score (nSPS) is 10.9. The predicted molar refractivity (Wildman–Crippen MR) is 85.1 cm³/mol. The Hall–Kier alpha value is -3.22. The molecule has 0 atom stereocenters. The monoisotopic (exact) mass is 328 g/mol. The van der Waals surface area contributed by atoms with Gasteiger partial charge in [0.1, 0.15) is 5.82 Å². The van der Waals surface area contributed by atoms with Gasteiger partial charge in [-0.3, -0.25) is 14.4 Å². The summed E-state index contributed by atoms with van der Waals surface area (Å²) in [5, 5.41) is 10.0. The number of aromatic hydroxyl groups is 1. The Balaban J connectivity index is 2.18. The number of benzene rings is 1. The average Bonchev–Trinajstić information content (AvgIpc) is 2.54. The van der Waals surface area contributed by atoms with E-state index in [1.165, 1.54) is 58.7 Å². The van der Waals surface area contributed by atoms with Crippen molar-refractivity contribution in [3.05, 3.63) is 80.4 Å². The molecule has 0 saturated carbocycles. The highest BCUT2D eigenvalue weighted by Crippen LogP contribution is 2.12. The molecule has 0 saturated heterocycles. The van der Waals surface area contributed by atoms with Crippen LogP contribution < -0.4 is 11.0 Å². The summed E-state index contributed by atoms with van der Waals surface area (Å²) in [6.07, 6.45) is 4.15. The van der Waals surface area contributed by atoms with Gasteiger partial charge in [-0.05, 0) is 24.6 Å². The van der Waals surface area contributed by atoms with E-state index in [0.717, 1.165) is 0 Å². The molecule has 2 aromatic heterocycles. The molecule has 7 heteroatoms. The second-order valence-corrected chi connectivity index (χ2v) is 5.39. The number of carbonyl (C=O) groups is 1. The van der Waals surface area contributed by atoms with E-state index in [4.69, 9.17) is 0 Å². The van der Waals surface area contributed by atoms with Gasteiger partial charge in [-0.15, -0.1) is 0 Å². The van der Waals surface area contributed by atoms with Crippen molar-refractivity contribution < 1.29 is 14.3 Å². The number of fused-ring (bicyclic) bond motifs is 1. The molecule has 2 heterocycles. The van der Waals surface area contributed by atoms with Crippen LogP contribution in [0.15, 0.2) is 52.4 Å². The molecule has 6 nitrogen and oxygen atoms in total. The lowest BCUT2D eigenvalue weighted by molar-refractivity contribution is 0.101. The van der Waals surface area contributed by atoms with E-state index >= 15 is 0 Å². The number of aromatic nitrogens is 2. The maximum atomic E-state index is 12.9. The van der Waals surface area contributed by atoms with E-state index in [-0.39, 0.29) is 23.4 Å². The van der Waals surface area contributed by atoms with Crippen molar-refractivity contribution in [2.24, 2.45) is 0 Å². The Morgan fingerprint density at radius 1 is 1.17 bits per heavy atom. The number of hydrogen-bond acceptors (Lipinski definition) is 4. The number of pyridine rings is 1. The van der Waals surface area contributed by atoms with Gasteiger partial charge < -0.3 is 14.1 Å². The molecule has 0 fully saturated rings. The van der Waals surface area contributed by atoms with Gasteiger partial charge in [0, 0.05) is 18.6 Å². The van der Waals surface area contributed by atoms with E-state index < -0.39 is 22.5 Å². The highest BCUT2D eigenvalue weighted by Gasteiger charge is 2.16. The predicted octanol–water partition coefficient (Wildman–Crippen LogP) is 1.56. The van der Waals surface area contributed by atoms with Gasteiger partial charge in [0.25, 0.3) is 5.56 Å². The highest BCUT2D eigenvalue weighted by molar-refractivity contribution is 5.94. The third kappa shape index (κ3) is 2.60. The molecule has 24 heavy (non-hydrogen) atoms. The molecule has 0 unspecified atom stereocenters. The summed E-state index contributed by atoms with van der Waals surface area (Å²) in [7, 11) is 0. The second kappa shape index (κ2) is 5.77. The van der Waals surface area contributed by atoms with Gasteiger partial charge in [0.05, 0.1) is 12.1 Å². The van der Waals surface area contributed by atoms with Crippen LogP contribution in [-0.2, 0) is 6.54 Å². The minimum atomic E-state index is -0.876. The molecular formula is C17H13FN2O4. The summed E-state index contributed by atoms with van der Waals surface area (Å²) in [4.78, 5) is 36.0. The van der Waals surface area contributed by atoms with Gasteiger partial charge in [0.15, 0.2) is 17.0 Å². The lowest BCUT2D eigenvalue weighted by Crippen LogP contribution is -2.25. The summed E-state index contributed by atoms with van der Waals surface area (Å²) in [5.74, 6) is -1.65. The number of Topliss-reactive ketones (excluding diaryl/α,β-unsaturated/α-hetero) is 1. The van der Waals surface area contributed by atoms with Crippen LogP contribution in [0.5, 0.6) is 5.75 Å². The standard InChI is InChI=1S/C17H13FN2O4/c1-10(21)13-9-19-6-7-20(8-11-2-4-12(18)5-3-11)17(24)14(19)16(23)15(13)22/h2-7,9,23H,8H2,1H3. The lowest BCUT2D eigenvalue weighted by Gasteiger charge is -2.10. The van der Waals surface area contributed by atoms with E-state index in [0.29, 0.717) is 5.56 Å². The quantitative estimate of drug-likeness (QED) is 0.740. The number of carbonyl (C=O) groups excluding carboxylic acids is 1. The summed E-state index contributed by atoms with van der Waals surface area (Å²) < 4.78 is 15.5. The van der Waals surface area contributed by atoms with E-state index in [1.807, 2.05) is 0 Å². The van der Waals surface area contributed by atoms with Crippen molar-refractivity contribution >= 4 is 11.3 Å². The third-order valence-corrected chi connectivity index (χ3v) is 3.73. The summed E-state index contributed by atoms with van der Waals surface area (Å²) in [5.41, 5.74) is -1.19. The zero-order chi connectivity index (χ0) is 17.4. The Morgan fingerprint density at radius 3 is 2.46 bits per heavy atom. The van der Waals surface area contributed by atoms with Crippen LogP contribution in [0.3, 0.4) is 0 Å². The van der Waals surface area contributed by atoms with Gasteiger partial charge in [-0.1, -0.05) is 12.1 Å². The molecule has 0 aliphatic carbocycles. The van der Waals surface area contributed by atoms with Crippen molar-refractivity contribution in [3.63, 3.8) is 0 Å². The van der Waals surface area contributed by atoms with Crippen LogP contribution in [0.25, 0.3) is 5.52 Å². The first-order valence-electron chi connectivity index (χ1n) is 7.11. The SMILES string of the molecule is CC(=O)c1cn2ccn(Cc3ccc(F)cc3)c(=O)c2c(O)c1=O. The Morgan fingerprint density at radius 2 is 1.83 bits per heavy atom. The van der Waals surface area contributed by atoms with E-state index in [2.05, 4.69) is 0 Å². The molecule has 0 amide bonds. The van der Waals surface area contributed by atoms with Crippen LogP contribution in [0.1, 0.15) is 22.8 Å². The molecular weight excluding hydrogens is 315 g/mol. The van der Waals surface area contributed by atoms with Gasteiger partial charge in [0.2, 0.25) is 5.43 Å². The second-order valence-electron chi connectivity index (χ2n) is 5.39. The molecule has 3 rings (SSSR count). The van der Waals surface area contributed by atoms with Crippen LogP contribution in [0.2, 0.25) is 0 Å². The smallest absolute Gasteiger partial charge is 0.279 e. The summed E-state index contributed by atoms with van der Waals surface area (Å²) in [6.45, 7) is 1.36. The molecule has 0 spiro atoms. The first-order chi connectivity index (χ1) is 11.4. The fraction of sp³-hybridized carbons (Fsp3) is 0.118. The molecule has 0 aliphatic rings. The molecule has 0 aliphatic heterocycles. The zero-order valence-corrected chi connectivity index (χ0v) is 12.7. The average molecular weight is 328 g/mol. The zero-order valence-electron chi connectivity index (χ0n) is 12.7. The summed E-state index contributed by atoms with van der Waals surface area (Å²) in [6, 6.07) is 5.64. The molecule has 0 radical (unpaired) electrons. The van der Waals surface area contributed by atoms with Crippen LogP contribution in [0.4, 0.5) is 4.39 Å². The highest BCUT2D eigenvalue weighted by atomic mass is 19.1. The number of ketones is 1. The van der Waals surface area contributed by atoms with Crippen molar-refractivity contribution in [3.8, 4) is 5.75 Å². The van der Waals surface area contributed by atoms with Gasteiger partial charge in [-0.25, -0.2) is 4.39 Å². The maximum absolute atomic E-state index is 12.9. The molecule has 122 valence electrons. The number of halogens is 1. The minimum absolute atomic E-state index is 0.150. The van der Waals surface area contributed by atoms with E-state index in [9.17, 15) is 23.9 Å². The van der Waals surface area contributed by atoms with Crippen LogP contribution in [0, 0.1) is 5.82 Å². The fourth-order valence-electron chi connectivity index (χ4n) is 2.47. The van der Waals surface area contributed by atoms with Crippen LogP contribution in [-0.4, -0.2) is 19.9 Å². The number of hydrogen-bond donors (Lipinski definition) is 1. The Labute approximate surface area is 135 Å². The first kappa shape index (κ1) is 15.7. The Kier molecular flexibility index (Phi) is 3.76. The topological polar surface area (TPSA) is 80.8 Å². The Bertz CT molecular complexity index is 1060. The fourth-order valence-corrected chi connectivity index (χ4v) is 2.47. The molecule has 1 N–H and O–H groups in total. The number of rotatable bonds is 3. The lowest BCUT2D eigenvalue weighted by atomic mass is 10.1. The van der Waals surface area contributed by atoms with Crippen molar-refractivity contribution in [2.75, 3.05) is 0 Å². The molecule has 0 bridgehead atoms. The van der Waals surface area contributed by atoms with Crippen molar-refractivity contribution in [1.29, 1.82) is 0 Å². The summed E-state index contributed by atoms with van der Waals surface area (Å²) >= 11 is 0. The maximum Gasteiger partial charge on any atom is 0.279 e. The third-order valence-electron chi connectivity index (χ3n) is 3.73. The first-order valence-corrected chi connectivity index (χ1v) is 7.11. The van der Waals surface area contributed by atoms with Crippen molar-refractivity contribution in [2.45, 2.75) is 13.5 Å². The van der Waals surface area contributed by atoms with Gasteiger partial charge >= 0.3 is 0 Å². The molecule has 3 aromatic rings.